The summed E-state index contributed by atoms with van der Waals surface area (Å²) in [4.78, 5) is 14.3. The van der Waals surface area contributed by atoms with Gasteiger partial charge in [0.1, 0.15) is 17.8 Å². The fourth-order valence-corrected chi connectivity index (χ4v) is 3.89. The van der Waals surface area contributed by atoms with E-state index in [1.165, 1.54) is 0 Å². The fraction of sp³-hybridized carbons (Fsp3) is 0.600. The number of H-pyrrole nitrogens is 1. The van der Waals surface area contributed by atoms with E-state index in [0.29, 0.717) is 11.8 Å². The van der Waals surface area contributed by atoms with E-state index in [-0.39, 0.29) is 6.10 Å². The summed E-state index contributed by atoms with van der Waals surface area (Å²) in [6.45, 7) is 2.10. The molecule has 3 unspecified atom stereocenters. The lowest BCUT2D eigenvalue weighted by Crippen LogP contribution is -2.44. The van der Waals surface area contributed by atoms with E-state index in [0.717, 1.165) is 55.6 Å². The first-order chi connectivity index (χ1) is 9.81. The highest BCUT2D eigenvalue weighted by Crippen LogP contribution is 2.38. The lowest BCUT2D eigenvalue weighted by molar-refractivity contribution is 0.0599. The number of nitrogens with zero attached hydrogens (tertiary/aromatic N) is 3. The van der Waals surface area contributed by atoms with E-state index < -0.39 is 0 Å². The summed E-state index contributed by atoms with van der Waals surface area (Å²) in [6.07, 6.45) is 7.75. The summed E-state index contributed by atoms with van der Waals surface area (Å²) in [7, 11) is 0. The molecule has 2 aromatic rings. The Morgan fingerprint density at radius 1 is 1.20 bits per heavy atom. The molecule has 0 radical (unpaired) electrons. The Morgan fingerprint density at radius 3 is 3.10 bits per heavy atom. The fourth-order valence-electron chi connectivity index (χ4n) is 3.89. The van der Waals surface area contributed by atoms with Crippen LogP contribution >= 0.6 is 0 Å². The van der Waals surface area contributed by atoms with Crippen molar-refractivity contribution in [3.63, 3.8) is 0 Å². The molecule has 0 amide bonds. The van der Waals surface area contributed by atoms with Crippen molar-refractivity contribution in [2.75, 3.05) is 18.0 Å². The Hall–Kier alpha value is -1.62. The minimum Gasteiger partial charge on any atom is -0.393 e. The van der Waals surface area contributed by atoms with Crippen molar-refractivity contribution < 1.29 is 5.11 Å². The lowest BCUT2D eigenvalue weighted by Gasteiger charge is -2.43. The molecule has 3 heterocycles. The Morgan fingerprint density at radius 2 is 2.15 bits per heavy atom. The molecule has 1 aliphatic carbocycles. The number of anilines is 1. The van der Waals surface area contributed by atoms with Crippen LogP contribution in [0.5, 0.6) is 0 Å². The van der Waals surface area contributed by atoms with Crippen LogP contribution in [0.1, 0.15) is 25.7 Å². The molecule has 5 heteroatoms. The van der Waals surface area contributed by atoms with Gasteiger partial charge in [0.15, 0.2) is 0 Å². The molecule has 1 saturated carbocycles. The predicted molar refractivity (Wildman–Crippen MR) is 77.6 cm³/mol. The van der Waals surface area contributed by atoms with Gasteiger partial charge in [-0.25, -0.2) is 9.97 Å². The number of aromatic amines is 1. The van der Waals surface area contributed by atoms with Crippen LogP contribution in [0.15, 0.2) is 18.6 Å². The molecule has 1 saturated heterocycles. The minimum atomic E-state index is -0.0711. The van der Waals surface area contributed by atoms with Crippen LogP contribution in [0.2, 0.25) is 0 Å². The van der Waals surface area contributed by atoms with Crippen LogP contribution in [0.4, 0.5) is 5.82 Å². The maximum absolute atomic E-state index is 9.81. The summed E-state index contributed by atoms with van der Waals surface area (Å²) >= 11 is 0. The molecule has 1 aliphatic heterocycles. The highest BCUT2D eigenvalue weighted by atomic mass is 16.3. The largest absolute Gasteiger partial charge is 0.393 e. The Bertz CT molecular complexity index is 611. The first-order valence-corrected chi connectivity index (χ1v) is 7.52. The van der Waals surface area contributed by atoms with Gasteiger partial charge in [0.05, 0.1) is 11.5 Å². The highest BCUT2D eigenvalue weighted by molar-refractivity contribution is 5.87. The van der Waals surface area contributed by atoms with E-state index in [1.807, 2.05) is 6.20 Å². The zero-order valence-electron chi connectivity index (χ0n) is 11.5. The van der Waals surface area contributed by atoms with E-state index in [2.05, 4.69) is 25.9 Å². The van der Waals surface area contributed by atoms with Crippen LogP contribution in [-0.4, -0.2) is 39.3 Å². The van der Waals surface area contributed by atoms with E-state index in [9.17, 15) is 5.11 Å². The molecular weight excluding hydrogens is 252 g/mol. The van der Waals surface area contributed by atoms with Gasteiger partial charge in [0.25, 0.3) is 0 Å². The summed E-state index contributed by atoms with van der Waals surface area (Å²) < 4.78 is 0. The predicted octanol–water partition coefficient (Wildman–Crippen LogP) is 1.95. The van der Waals surface area contributed by atoms with Gasteiger partial charge in [-0.3, -0.25) is 0 Å². The molecular formula is C15H20N4O. The van der Waals surface area contributed by atoms with Gasteiger partial charge in [0, 0.05) is 19.3 Å². The number of piperidine rings is 1. The van der Waals surface area contributed by atoms with Crippen LogP contribution in [0.25, 0.3) is 11.0 Å². The third-order valence-electron chi connectivity index (χ3n) is 4.97. The third-order valence-corrected chi connectivity index (χ3v) is 4.97. The van der Waals surface area contributed by atoms with Crippen molar-refractivity contribution >= 4 is 16.9 Å². The van der Waals surface area contributed by atoms with Crippen molar-refractivity contribution in [3.8, 4) is 0 Å². The van der Waals surface area contributed by atoms with E-state index in [4.69, 9.17) is 0 Å². The Labute approximate surface area is 118 Å². The van der Waals surface area contributed by atoms with Gasteiger partial charge in [-0.2, -0.15) is 0 Å². The van der Waals surface area contributed by atoms with Gasteiger partial charge >= 0.3 is 0 Å². The van der Waals surface area contributed by atoms with Gasteiger partial charge in [-0.15, -0.1) is 0 Å². The molecule has 2 fully saturated rings. The van der Waals surface area contributed by atoms with E-state index in [1.54, 1.807) is 6.33 Å². The SMILES string of the molecule is OC1CCC2CN(c3ncnc4[nH]ccc34)CCC2C1. The summed E-state index contributed by atoms with van der Waals surface area (Å²) in [5.41, 5.74) is 0.913. The summed E-state index contributed by atoms with van der Waals surface area (Å²) in [6, 6.07) is 2.06. The van der Waals surface area contributed by atoms with Crippen LogP contribution in [-0.2, 0) is 0 Å². The second-order valence-corrected chi connectivity index (χ2v) is 6.16. The van der Waals surface area contributed by atoms with Crippen molar-refractivity contribution in [1.82, 2.24) is 15.0 Å². The lowest BCUT2D eigenvalue weighted by atomic mass is 9.74. The molecule has 4 rings (SSSR count). The second-order valence-electron chi connectivity index (χ2n) is 6.16. The number of hydrogen-bond acceptors (Lipinski definition) is 4. The molecule has 2 aliphatic rings. The molecule has 0 spiro atoms. The first-order valence-electron chi connectivity index (χ1n) is 7.52. The smallest absolute Gasteiger partial charge is 0.142 e. The van der Waals surface area contributed by atoms with Crippen molar-refractivity contribution in [3.05, 3.63) is 18.6 Å². The number of hydrogen-bond donors (Lipinski definition) is 2. The number of aliphatic hydroxyl groups excluding tert-OH is 1. The highest BCUT2D eigenvalue weighted by Gasteiger charge is 2.35. The average molecular weight is 272 g/mol. The molecule has 0 bridgehead atoms. The Kier molecular flexibility index (Phi) is 2.88. The van der Waals surface area contributed by atoms with Gasteiger partial charge in [-0.1, -0.05) is 0 Å². The average Bonchev–Trinajstić information content (AvgIpc) is 2.95. The number of rotatable bonds is 1. The molecule has 0 aromatic carbocycles. The molecule has 2 aromatic heterocycles. The monoisotopic (exact) mass is 272 g/mol. The third kappa shape index (κ3) is 1.97. The zero-order valence-corrected chi connectivity index (χ0v) is 11.5. The number of aromatic nitrogens is 3. The first kappa shape index (κ1) is 12.1. The molecule has 5 nitrogen and oxygen atoms in total. The standard InChI is InChI=1S/C15H20N4O/c20-12-2-1-11-8-19(6-4-10(11)7-12)15-13-3-5-16-14(13)17-9-18-15/h3,5,9-12,20H,1-2,4,6-8H2,(H,16,17,18). The Balaban J connectivity index is 1.60. The van der Waals surface area contributed by atoms with E-state index >= 15 is 0 Å². The second kappa shape index (κ2) is 4.74. The van der Waals surface area contributed by atoms with Crippen molar-refractivity contribution in [2.24, 2.45) is 11.8 Å². The van der Waals surface area contributed by atoms with Crippen molar-refractivity contribution in [1.29, 1.82) is 0 Å². The van der Waals surface area contributed by atoms with Gasteiger partial charge in [0.2, 0.25) is 0 Å². The normalized spacial score (nSPS) is 30.4. The summed E-state index contributed by atoms with van der Waals surface area (Å²) in [5.74, 6) is 2.45. The molecule has 2 N–H and O–H groups in total. The minimum absolute atomic E-state index is 0.0711. The van der Waals surface area contributed by atoms with Crippen molar-refractivity contribution in [2.45, 2.75) is 31.8 Å². The number of aliphatic hydroxyl groups is 1. The molecule has 3 atom stereocenters. The zero-order chi connectivity index (χ0) is 13.5. The molecule has 106 valence electrons. The van der Waals surface area contributed by atoms with Crippen LogP contribution in [0, 0.1) is 11.8 Å². The maximum Gasteiger partial charge on any atom is 0.142 e. The topological polar surface area (TPSA) is 65.0 Å². The van der Waals surface area contributed by atoms with Crippen LogP contribution < -0.4 is 4.90 Å². The van der Waals surface area contributed by atoms with Crippen LogP contribution in [0.3, 0.4) is 0 Å². The van der Waals surface area contributed by atoms with Gasteiger partial charge < -0.3 is 15.0 Å². The maximum atomic E-state index is 9.81. The summed E-state index contributed by atoms with van der Waals surface area (Å²) in [5, 5.41) is 10.9. The van der Waals surface area contributed by atoms with Gasteiger partial charge in [-0.05, 0) is 43.6 Å². The number of fused-ring (bicyclic) bond motifs is 2. The quantitative estimate of drug-likeness (QED) is 0.832. The number of nitrogens with one attached hydrogen (secondary N) is 1. The molecule has 20 heavy (non-hydrogen) atoms.